The van der Waals surface area contributed by atoms with Crippen LogP contribution in [0.5, 0.6) is 11.5 Å². The third-order valence-corrected chi connectivity index (χ3v) is 4.25. The lowest BCUT2D eigenvalue weighted by atomic mass is 9.98. The molecule has 0 fully saturated rings. The summed E-state index contributed by atoms with van der Waals surface area (Å²) in [5.74, 6) is 0.0978. The SMILES string of the molecule is Cc1ccccc1C(CC(=O)O)NC(=O)Cc1ccc2c(c1)OCCO2. The lowest BCUT2D eigenvalue weighted by Crippen LogP contribution is -2.31. The van der Waals surface area contributed by atoms with Crippen molar-refractivity contribution in [1.82, 2.24) is 5.32 Å². The molecular formula is C20H21NO5. The van der Waals surface area contributed by atoms with Gasteiger partial charge in [-0.15, -0.1) is 0 Å². The van der Waals surface area contributed by atoms with Crippen LogP contribution >= 0.6 is 0 Å². The Morgan fingerprint density at radius 3 is 2.58 bits per heavy atom. The summed E-state index contributed by atoms with van der Waals surface area (Å²) in [6, 6.07) is 12.3. The zero-order valence-corrected chi connectivity index (χ0v) is 14.5. The molecule has 0 saturated heterocycles. The number of carbonyl (C=O) groups is 2. The van der Waals surface area contributed by atoms with E-state index in [4.69, 9.17) is 9.47 Å². The van der Waals surface area contributed by atoms with Gasteiger partial charge in [-0.2, -0.15) is 0 Å². The zero-order chi connectivity index (χ0) is 18.5. The standard InChI is InChI=1S/C20H21NO5/c1-13-4-2-3-5-15(13)16(12-20(23)24)21-19(22)11-14-6-7-17-18(10-14)26-9-8-25-17/h2-7,10,16H,8-9,11-12H2,1H3,(H,21,22)(H,23,24). The monoisotopic (exact) mass is 355 g/mol. The first-order valence-electron chi connectivity index (χ1n) is 8.48. The maximum Gasteiger partial charge on any atom is 0.305 e. The molecule has 1 amide bonds. The molecule has 3 rings (SSSR count). The highest BCUT2D eigenvalue weighted by atomic mass is 16.6. The number of fused-ring (bicyclic) bond motifs is 1. The predicted molar refractivity (Wildman–Crippen MR) is 95.5 cm³/mol. The van der Waals surface area contributed by atoms with Crippen LogP contribution in [0.3, 0.4) is 0 Å². The number of amides is 1. The summed E-state index contributed by atoms with van der Waals surface area (Å²) >= 11 is 0. The molecule has 26 heavy (non-hydrogen) atoms. The molecule has 6 heteroatoms. The van der Waals surface area contributed by atoms with Crippen LogP contribution in [0.15, 0.2) is 42.5 Å². The summed E-state index contributed by atoms with van der Waals surface area (Å²) in [6.45, 7) is 2.90. The molecule has 6 nitrogen and oxygen atoms in total. The van der Waals surface area contributed by atoms with E-state index in [-0.39, 0.29) is 18.7 Å². The molecule has 0 saturated carbocycles. The molecule has 1 heterocycles. The van der Waals surface area contributed by atoms with Crippen molar-refractivity contribution in [2.24, 2.45) is 0 Å². The van der Waals surface area contributed by atoms with E-state index in [0.29, 0.717) is 24.7 Å². The Morgan fingerprint density at radius 1 is 1.12 bits per heavy atom. The fraction of sp³-hybridized carbons (Fsp3) is 0.300. The Morgan fingerprint density at radius 2 is 1.85 bits per heavy atom. The number of hydrogen-bond donors (Lipinski definition) is 2. The summed E-state index contributed by atoms with van der Waals surface area (Å²) in [4.78, 5) is 23.7. The number of rotatable bonds is 6. The predicted octanol–water partition coefficient (Wildman–Crippen LogP) is 2.64. The Kier molecular flexibility index (Phi) is 5.41. The Balaban J connectivity index is 1.72. The van der Waals surface area contributed by atoms with E-state index in [1.165, 1.54) is 0 Å². The van der Waals surface area contributed by atoms with Gasteiger partial charge in [-0.3, -0.25) is 9.59 Å². The second-order valence-electron chi connectivity index (χ2n) is 6.23. The normalized spacial score (nSPS) is 13.7. The minimum Gasteiger partial charge on any atom is -0.486 e. The maximum atomic E-state index is 12.5. The van der Waals surface area contributed by atoms with Crippen LogP contribution in [0.1, 0.15) is 29.2 Å². The van der Waals surface area contributed by atoms with Crippen LogP contribution in [0.2, 0.25) is 0 Å². The highest BCUT2D eigenvalue weighted by Gasteiger charge is 2.20. The first-order valence-corrected chi connectivity index (χ1v) is 8.48. The van der Waals surface area contributed by atoms with Gasteiger partial charge >= 0.3 is 5.97 Å². The average molecular weight is 355 g/mol. The number of aliphatic carboxylic acids is 1. The molecule has 0 bridgehead atoms. The van der Waals surface area contributed by atoms with Gasteiger partial charge in [0.15, 0.2) is 11.5 Å². The van der Waals surface area contributed by atoms with Crippen molar-refractivity contribution in [2.75, 3.05) is 13.2 Å². The van der Waals surface area contributed by atoms with Gasteiger partial charge in [-0.1, -0.05) is 30.3 Å². The van der Waals surface area contributed by atoms with Gasteiger partial charge in [0.25, 0.3) is 0 Å². The quantitative estimate of drug-likeness (QED) is 0.832. The van der Waals surface area contributed by atoms with Crippen molar-refractivity contribution in [1.29, 1.82) is 0 Å². The number of nitrogens with one attached hydrogen (secondary N) is 1. The van der Waals surface area contributed by atoms with E-state index < -0.39 is 12.0 Å². The number of aryl methyl sites for hydroxylation is 1. The van der Waals surface area contributed by atoms with Gasteiger partial charge in [0, 0.05) is 0 Å². The third-order valence-electron chi connectivity index (χ3n) is 4.25. The highest BCUT2D eigenvalue weighted by molar-refractivity contribution is 5.80. The molecule has 1 atom stereocenters. The van der Waals surface area contributed by atoms with Crippen LogP contribution in [0, 0.1) is 6.92 Å². The lowest BCUT2D eigenvalue weighted by Gasteiger charge is -2.20. The Hall–Kier alpha value is -3.02. The van der Waals surface area contributed by atoms with Crippen molar-refractivity contribution in [2.45, 2.75) is 25.8 Å². The van der Waals surface area contributed by atoms with Gasteiger partial charge in [-0.25, -0.2) is 0 Å². The zero-order valence-electron chi connectivity index (χ0n) is 14.5. The summed E-state index contributed by atoms with van der Waals surface area (Å²) in [5.41, 5.74) is 2.54. The van der Waals surface area contributed by atoms with Crippen LogP contribution in [0.4, 0.5) is 0 Å². The van der Waals surface area contributed by atoms with Crippen molar-refractivity contribution >= 4 is 11.9 Å². The first-order chi connectivity index (χ1) is 12.5. The largest absolute Gasteiger partial charge is 0.486 e. The molecule has 0 aromatic heterocycles. The molecule has 0 radical (unpaired) electrons. The minimum absolute atomic E-state index is 0.138. The van der Waals surface area contributed by atoms with Gasteiger partial charge in [0.2, 0.25) is 5.91 Å². The van der Waals surface area contributed by atoms with Crippen molar-refractivity contribution in [3.63, 3.8) is 0 Å². The second-order valence-corrected chi connectivity index (χ2v) is 6.23. The van der Waals surface area contributed by atoms with Gasteiger partial charge < -0.3 is 19.9 Å². The number of hydrogen-bond acceptors (Lipinski definition) is 4. The third kappa shape index (κ3) is 4.33. The van der Waals surface area contributed by atoms with Gasteiger partial charge in [0.1, 0.15) is 13.2 Å². The van der Waals surface area contributed by atoms with E-state index in [9.17, 15) is 14.7 Å². The van der Waals surface area contributed by atoms with Crippen molar-refractivity contribution < 1.29 is 24.2 Å². The highest BCUT2D eigenvalue weighted by Crippen LogP contribution is 2.31. The molecule has 136 valence electrons. The number of benzene rings is 2. The van der Waals surface area contributed by atoms with Crippen LogP contribution in [-0.4, -0.2) is 30.2 Å². The van der Waals surface area contributed by atoms with E-state index in [1.807, 2.05) is 37.3 Å². The summed E-state index contributed by atoms with van der Waals surface area (Å²) in [6.07, 6.45) is -0.0314. The molecule has 2 N–H and O–H groups in total. The topological polar surface area (TPSA) is 84.9 Å². The maximum absolute atomic E-state index is 12.5. The van der Waals surface area contributed by atoms with Crippen LogP contribution < -0.4 is 14.8 Å². The van der Waals surface area contributed by atoms with Gasteiger partial charge in [0.05, 0.1) is 18.9 Å². The average Bonchev–Trinajstić information content (AvgIpc) is 2.61. The molecule has 0 spiro atoms. The summed E-state index contributed by atoms with van der Waals surface area (Å²) in [7, 11) is 0. The van der Waals surface area contributed by atoms with Crippen molar-refractivity contribution in [3.8, 4) is 11.5 Å². The molecule has 2 aromatic rings. The molecule has 1 unspecified atom stereocenters. The molecule has 1 aliphatic rings. The number of carboxylic acids is 1. The van der Waals surface area contributed by atoms with E-state index >= 15 is 0 Å². The van der Waals surface area contributed by atoms with E-state index in [1.54, 1.807) is 12.1 Å². The number of carboxylic acid groups (broad SMARTS) is 1. The first kappa shape index (κ1) is 17.8. The fourth-order valence-corrected chi connectivity index (χ4v) is 3.02. The van der Waals surface area contributed by atoms with Gasteiger partial charge in [-0.05, 0) is 35.7 Å². The fourth-order valence-electron chi connectivity index (χ4n) is 3.02. The second kappa shape index (κ2) is 7.91. The Bertz CT molecular complexity index is 818. The van der Waals surface area contributed by atoms with Crippen LogP contribution in [-0.2, 0) is 16.0 Å². The molecular weight excluding hydrogens is 334 g/mol. The summed E-state index contributed by atoms with van der Waals surface area (Å²) in [5, 5.41) is 12.0. The van der Waals surface area contributed by atoms with Crippen LogP contribution in [0.25, 0.3) is 0 Å². The summed E-state index contributed by atoms with van der Waals surface area (Å²) < 4.78 is 11.0. The molecule has 0 aliphatic carbocycles. The van der Waals surface area contributed by atoms with Crippen molar-refractivity contribution in [3.05, 3.63) is 59.2 Å². The molecule has 2 aromatic carbocycles. The number of ether oxygens (including phenoxy) is 2. The smallest absolute Gasteiger partial charge is 0.305 e. The van der Waals surface area contributed by atoms with E-state index in [2.05, 4.69) is 5.32 Å². The molecule has 1 aliphatic heterocycles. The minimum atomic E-state index is -0.960. The Labute approximate surface area is 151 Å². The number of carbonyl (C=O) groups excluding carboxylic acids is 1. The lowest BCUT2D eigenvalue weighted by molar-refractivity contribution is -0.137. The van der Waals surface area contributed by atoms with E-state index in [0.717, 1.165) is 16.7 Å².